The van der Waals surface area contributed by atoms with E-state index in [0.717, 1.165) is 46.7 Å². The number of hydrogen-bond acceptors (Lipinski definition) is 6. The second-order valence-corrected chi connectivity index (χ2v) is 7.39. The summed E-state index contributed by atoms with van der Waals surface area (Å²) in [6, 6.07) is 20.3. The third-order valence-electron chi connectivity index (χ3n) is 5.58. The van der Waals surface area contributed by atoms with Crippen LogP contribution >= 0.6 is 0 Å². The predicted octanol–water partition coefficient (Wildman–Crippen LogP) is 4.92. The first-order valence-electron chi connectivity index (χ1n) is 10.2. The molecule has 0 fully saturated rings. The van der Waals surface area contributed by atoms with Crippen LogP contribution in [0.5, 0.6) is 17.2 Å². The lowest BCUT2D eigenvalue weighted by molar-refractivity contribution is 0.306. The minimum absolute atomic E-state index is 0.535. The largest absolute Gasteiger partial charge is 0.493 e. The van der Waals surface area contributed by atoms with Gasteiger partial charge in [-0.1, -0.05) is 36.4 Å². The van der Waals surface area contributed by atoms with Crippen LogP contribution in [-0.4, -0.2) is 30.7 Å². The van der Waals surface area contributed by atoms with E-state index in [1.54, 1.807) is 20.5 Å². The molecule has 0 unspecified atom stereocenters. The van der Waals surface area contributed by atoms with Crippen molar-refractivity contribution in [1.82, 2.24) is 9.97 Å². The molecule has 0 saturated carbocycles. The molecular weight excluding hydrogens is 390 g/mol. The maximum Gasteiger partial charge on any atom is 0.162 e. The smallest absolute Gasteiger partial charge is 0.162 e. The number of anilines is 2. The molecular formula is C25H23N3O3. The second-order valence-electron chi connectivity index (χ2n) is 7.39. The van der Waals surface area contributed by atoms with Gasteiger partial charge >= 0.3 is 0 Å². The van der Waals surface area contributed by atoms with E-state index in [9.17, 15) is 0 Å². The molecule has 4 aromatic rings. The quantitative estimate of drug-likeness (QED) is 0.447. The van der Waals surface area contributed by atoms with Crippen molar-refractivity contribution in [3.8, 4) is 17.2 Å². The van der Waals surface area contributed by atoms with Crippen molar-refractivity contribution in [2.75, 3.05) is 25.7 Å². The molecule has 0 spiro atoms. The van der Waals surface area contributed by atoms with E-state index in [1.165, 1.54) is 5.56 Å². The highest BCUT2D eigenvalue weighted by Gasteiger charge is 2.24. The molecule has 1 aromatic heterocycles. The first-order chi connectivity index (χ1) is 15.3. The molecule has 0 amide bonds. The first-order valence-corrected chi connectivity index (χ1v) is 10.2. The summed E-state index contributed by atoms with van der Waals surface area (Å²) in [5, 5.41) is 0.920. The molecule has 0 bridgehead atoms. The zero-order valence-electron chi connectivity index (χ0n) is 17.5. The molecule has 3 aromatic carbocycles. The van der Waals surface area contributed by atoms with Crippen molar-refractivity contribution in [3.63, 3.8) is 0 Å². The molecule has 0 atom stereocenters. The van der Waals surface area contributed by atoms with Crippen LogP contribution in [0.15, 0.2) is 67.0 Å². The Balaban J connectivity index is 1.50. The minimum Gasteiger partial charge on any atom is -0.493 e. The standard InChI is InChI=1S/C25H23N3O3/c1-29-23-13-20-21(14-24(23)30-2)26-16-27-25(20)28-11-10-18-8-9-19(12-22(18)28)31-15-17-6-4-3-5-7-17/h3-9,12-14,16H,10-11,15H2,1-2H3. The van der Waals surface area contributed by atoms with Gasteiger partial charge in [-0.15, -0.1) is 0 Å². The van der Waals surface area contributed by atoms with Gasteiger partial charge in [0.1, 0.15) is 24.5 Å². The fraction of sp³-hybridized carbons (Fsp3) is 0.200. The number of methoxy groups -OCH3 is 2. The van der Waals surface area contributed by atoms with Gasteiger partial charge in [0.15, 0.2) is 11.5 Å². The number of aromatic nitrogens is 2. The molecule has 0 radical (unpaired) electrons. The minimum atomic E-state index is 0.535. The zero-order valence-corrected chi connectivity index (χ0v) is 17.5. The van der Waals surface area contributed by atoms with E-state index in [2.05, 4.69) is 39.1 Å². The van der Waals surface area contributed by atoms with Crippen molar-refractivity contribution < 1.29 is 14.2 Å². The van der Waals surface area contributed by atoms with Crippen LogP contribution < -0.4 is 19.1 Å². The third kappa shape index (κ3) is 3.61. The zero-order chi connectivity index (χ0) is 21.2. The van der Waals surface area contributed by atoms with Gasteiger partial charge in [0, 0.05) is 29.8 Å². The van der Waals surface area contributed by atoms with Crippen LogP contribution in [0.3, 0.4) is 0 Å². The van der Waals surface area contributed by atoms with Crippen LogP contribution in [0.2, 0.25) is 0 Å². The Labute approximate surface area is 181 Å². The van der Waals surface area contributed by atoms with E-state index in [4.69, 9.17) is 14.2 Å². The van der Waals surface area contributed by atoms with Crippen molar-refractivity contribution in [2.24, 2.45) is 0 Å². The SMILES string of the molecule is COc1cc2ncnc(N3CCc4ccc(OCc5ccccc5)cc43)c2cc1OC. The van der Waals surface area contributed by atoms with E-state index >= 15 is 0 Å². The predicted molar refractivity (Wildman–Crippen MR) is 121 cm³/mol. The Hall–Kier alpha value is -3.80. The van der Waals surface area contributed by atoms with Gasteiger partial charge in [0.2, 0.25) is 0 Å². The molecule has 0 saturated heterocycles. The Morgan fingerprint density at radius 1 is 0.903 bits per heavy atom. The molecule has 156 valence electrons. The van der Waals surface area contributed by atoms with Gasteiger partial charge in [-0.2, -0.15) is 0 Å². The monoisotopic (exact) mass is 413 g/mol. The lowest BCUT2D eigenvalue weighted by Gasteiger charge is -2.21. The van der Waals surface area contributed by atoms with Crippen LogP contribution in [-0.2, 0) is 13.0 Å². The van der Waals surface area contributed by atoms with E-state index in [0.29, 0.717) is 18.1 Å². The maximum absolute atomic E-state index is 6.06. The van der Waals surface area contributed by atoms with Crippen molar-refractivity contribution in [1.29, 1.82) is 0 Å². The molecule has 1 aliphatic rings. The molecule has 6 heteroatoms. The van der Waals surface area contributed by atoms with Gasteiger partial charge < -0.3 is 19.1 Å². The molecule has 0 aliphatic carbocycles. The van der Waals surface area contributed by atoms with E-state index in [1.807, 2.05) is 36.4 Å². The Bertz CT molecular complexity index is 1230. The number of benzene rings is 3. The number of ether oxygens (including phenoxy) is 3. The maximum atomic E-state index is 6.06. The number of hydrogen-bond donors (Lipinski definition) is 0. The summed E-state index contributed by atoms with van der Waals surface area (Å²) in [5.74, 6) is 3.00. The van der Waals surface area contributed by atoms with Crippen LogP contribution in [0, 0.1) is 0 Å². The van der Waals surface area contributed by atoms with Crippen molar-refractivity contribution in [2.45, 2.75) is 13.0 Å². The first kappa shape index (κ1) is 19.2. The average molecular weight is 413 g/mol. The van der Waals surface area contributed by atoms with Gasteiger partial charge in [-0.3, -0.25) is 0 Å². The van der Waals surface area contributed by atoms with Crippen LogP contribution in [0.4, 0.5) is 11.5 Å². The van der Waals surface area contributed by atoms with Crippen molar-refractivity contribution >= 4 is 22.4 Å². The Kier molecular flexibility index (Phi) is 5.04. The highest BCUT2D eigenvalue weighted by atomic mass is 16.5. The Morgan fingerprint density at radius 2 is 1.71 bits per heavy atom. The number of rotatable bonds is 6. The number of fused-ring (bicyclic) bond motifs is 2. The number of nitrogens with zero attached hydrogens (tertiary/aromatic N) is 3. The molecule has 6 nitrogen and oxygen atoms in total. The average Bonchev–Trinajstić information content (AvgIpc) is 3.25. The van der Waals surface area contributed by atoms with Crippen LogP contribution in [0.1, 0.15) is 11.1 Å². The van der Waals surface area contributed by atoms with E-state index in [-0.39, 0.29) is 0 Å². The van der Waals surface area contributed by atoms with Crippen molar-refractivity contribution in [3.05, 3.63) is 78.1 Å². The highest BCUT2D eigenvalue weighted by Crippen LogP contribution is 2.41. The summed E-state index contributed by atoms with van der Waals surface area (Å²) in [6.45, 7) is 1.38. The summed E-state index contributed by atoms with van der Waals surface area (Å²) in [5.41, 5.74) is 4.34. The third-order valence-corrected chi connectivity index (χ3v) is 5.58. The fourth-order valence-electron chi connectivity index (χ4n) is 3.99. The summed E-state index contributed by atoms with van der Waals surface area (Å²) in [6.07, 6.45) is 2.55. The highest BCUT2D eigenvalue weighted by molar-refractivity contribution is 5.94. The van der Waals surface area contributed by atoms with E-state index < -0.39 is 0 Å². The molecule has 5 rings (SSSR count). The molecule has 1 aliphatic heterocycles. The van der Waals surface area contributed by atoms with Crippen LogP contribution in [0.25, 0.3) is 10.9 Å². The lowest BCUT2D eigenvalue weighted by Crippen LogP contribution is -2.15. The summed E-state index contributed by atoms with van der Waals surface area (Å²) >= 11 is 0. The Morgan fingerprint density at radius 3 is 2.52 bits per heavy atom. The molecule has 31 heavy (non-hydrogen) atoms. The normalized spacial score (nSPS) is 12.6. The fourth-order valence-corrected chi connectivity index (χ4v) is 3.99. The summed E-state index contributed by atoms with van der Waals surface area (Å²) in [4.78, 5) is 11.3. The second kappa shape index (κ2) is 8.14. The lowest BCUT2D eigenvalue weighted by atomic mass is 10.1. The van der Waals surface area contributed by atoms with Gasteiger partial charge in [0.25, 0.3) is 0 Å². The summed E-state index contributed by atoms with van der Waals surface area (Å²) in [7, 11) is 3.26. The molecule has 2 heterocycles. The topological polar surface area (TPSA) is 56.7 Å². The van der Waals surface area contributed by atoms with Gasteiger partial charge in [-0.05, 0) is 29.7 Å². The summed E-state index contributed by atoms with van der Waals surface area (Å²) < 4.78 is 17.0. The molecule has 0 N–H and O–H groups in total. The van der Waals surface area contributed by atoms with Gasteiger partial charge in [-0.25, -0.2) is 9.97 Å². The van der Waals surface area contributed by atoms with Gasteiger partial charge in [0.05, 0.1) is 19.7 Å².